The van der Waals surface area contributed by atoms with Gasteiger partial charge in [0.2, 0.25) is 0 Å². The summed E-state index contributed by atoms with van der Waals surface area (Å²) in [5.41, 5.74) is 4.16. The Kier molecular flexibility index (Phi) is 3.60. The van der Waals surface area contributed by atoms with Crippen LogP contribution in [0, 0.1) is 6.92 Å². The van der Waals surface area contributed by atoms with Crippen molar-refractivity contribution in [2.45, 2.75) is 18.2 Å². The maximum atomic E-state index is 3.76. The average Bonchev–Trinajstić information content (AvgIpc) is 2.71. The standard InChI is InChI=1S/C13H13BrS/c1-10-4-2-3-5-12(10)13(14)8-11-6-7-15-9-11/h2-7,9,13H,8H2,1H3. The lowest BCUT2D eigenvalue weighted by molar-refractivity contribution is 0.943. The largest absolute Gasteiger partial charge is 0.152 e. The second kappa shape index (κ2) is 4.95. The van der Waals surface area contributed by atoms with Gasteiger partial charge in [-0.2, -0.15) is 11.3 Å². The van der Waals surface area contributed by atoms with Crippen molar-refractivity contribution in [3.8, 4) is 0 Å². The van der Waals surface area contributed by atoms with Crippen molar-refractivity contribution in [1.82, 2.24) is 0 Å². The third-order valence-electron chi connectivity index (χ3n) is 2.52. The van der Waals surface area contributed by atoms with E-state index in [0.717, 1.165) is 6.42 Å². The van der Waals surface area contributed by atoms with Crippen LogP contribution >= 0.6 is 27.3 Å². The first-order valence-electron chi connectivity index (χ1n) is 4.98. The smallest absolute Gasteiger partial charge is 0.0438 e. The van der Waals surface area contributed by atoms with E-state index < -0.39 is 0 Å². The molecular weight excluding hydrogens is 268 g/mol. The second-order valence-corrected chi connectivity index (χ2v) is 5.55. The minimum Gasteiger partial charge on any atom is -0.152 e. The molecule has 0 bridgehead atoms. The minimum atomic E-state index is 0.424. The maximum Gasteiger partial charge on any atom is 0.0438 e. The average molecular weight is 281 g/mol. The number of hydrogen-bond acceptors (Lipinski definition) is 1. The van der Waals surface area contributed by atoms with Gasteiger partial charge in [0.1, 0.15) is 0 Å². The fourth-order valence-corrected chi connectivity index (χ4v) is 3.23. The number of halogens is 1. The van der Waals surface area contributed by atoms with Crippen molar-refractivity contribution >= 4 is 27.3 Å². The summed E-state index contributed by atoms with van der Waals surface area (Å²) >= 11 is 5.52. The van der Waals surface area contributed by atoms with Gasteiger partial charge in [-0.25, -0.2) is 0 Å². The molecule has 0 amide bonds. The van der Waals surface area contributed by atoms with Gasteiger partial charge in [-0.15, -0.1) is 0 Å². The zero-order valence-electron chi connectivity index (χ0n) is 8.61. The molecule has 0 fully saturated rings. The Morgan fingerprint density at radius 3 is 2.73 bits per heavy atom. The van der Waals surface area contributed by atoms with Crippen LogP contribution in [0.4, 0.5) is 0 Å². The van der Waals surface area contributed by atoms with Crippen LogP contribution in [0.15, 0.2) is 41.1 Å². The van der Waals surface area contributed by atoms with Crippen LogP contribution in [0.1, 0.15) is 21.5 Å². The molecule has 0 saturated heterocycles. The van der Waals surface area contributed by atoms with E-state index in [0.29, 0.717) is 4.83 Å². The zero-order valence-corrected chi connectivity index (χ0v) is 11.0. The fraction of sp³-hybridized carbons (Fsp3) is 0.231. The monoisotopic (exact) mass is 280 g/mol. The van der Waals surface area contributed by atoms with Gasteiger partial charge in [0.15, 0.2) is 0 Å². The highest BCUT2D eigenvalue weighted by Crippen LogP contribution is 2.29. The summed E-state index contributed by atoms with van der Waals surface area (Å²) in [5, 5.41) is 4.35. The molecule has 0 aliphatic carbocycles. The SMILES string of the molecule is Cc1ccccc1C(Br)Cc1ccsc1. The van der Waals surface area contributed by atoms with Gasteiger partial charge in [-0.1, -0.05) is 40.2 Å². The lowest BCUT2D eigenvalue weighted by Crippen LogP contribution is -1.96. The number of rotatable bonds is 3. The summed E-state index contributed by atoms with van der Waals surface area (Å²) < 4.78 is 0. The molecule has 1 aromatic heterocycles. The van der Waals surface area contributed by atoms with Crippen molar-refractivity contribution in [2.24, 2.45) is 0 Å². The van der Waals surface area contributed by atoms with Gasteiger partial charge in [0.25, 0.3) is 0 Å². The van der Waals surface area contributed by atoms with E-state index in [1.165, 1.54) is 16.7 Å². The Hall–Kier alpha value is -0.600. The van der Waals surface area contributed by atoms with E-state index >= 15 is 0 Å². The predicted molar refractivity (Wildman–Crippen MR) is 70.9 cm³/mol. The van der Waals surface area contributed by atoms with Gasteiger partial charge in [0, 0.05) is 4.83 Å². The molecule has 1 heterocycles. The van der Waals surface area contributed by atoms with Gasteiger partial charge >= 0.3 is 0 Å². The number of thiophene rings is 1. The summed E-state index contributed by atoms with van der Waals surface area (Å²) in [6, 6.07) is 10.7. The Bertz CT molecular complexity index is 420. The van der Waals surface area contributed by atoms with Crippen molar-refractivity contribution in [3.63, 3.8) is 0 Å². The molecular formula is C13H13BrS. The van der Waals surface area contributed by atoms with Crippen molar-refractivity contribution < 1.29 is 0 Å². The summed E-state index contributed by atoms with van der Waals surface area (Å²) in [7, 11) is 0. The molecule has 2 aromatic rings. The van der Waals surface area contributed by atoms with E-state index in [2.05, 4.69) is 63.9 Å². The van der Waals surface area contributed by atoms with Crippen molar-refractivity contribution in [2.75, 3.05) is 0 Å². The zero-order chi connectivity index (χ0) is 10.7. The molecule has 0 nitrogen and oxygen atoms in total. The number of benzene rings is 1. The Labute approximate surface area is 103 Å². The van der Waals surface area contributed by atoms with E-state index in [9.17, 15) is 0 Å². The Morgan fingerprint density at radius 2 is 2.07 bits per heavy atom. The predicted octanol–water partition coefficient (Wildman–Crippen LogP) is 4.74. The molecule has 1 unspecified atom stereocenters. The van der Waals surface area contributed by atoms with Crippen LogP contribution in [0.5, 0.6) is 0 Å². The third-order valence-corrected chi connectivity index (χ3v) is 4.07. The van der Waals surface area contributed by atoms with E-state index in [1.54, 1.807) is 11.3 Å². The number of aryl methyl sites for hydroxylation is 1. The van der Waals surface area contributed by atoms with Crippen molar-refractivity contribution in [3.05, 3.63) is 57.8 Å². The molecule has 1 atom stereocenters. The first kappa shape index (κ1) is 10.9. The van der Waals surface area contributed by atoms with Gasteiger partial charge in [-0.3, -0.25) is 0 Å². The van der Waals surface area contributed by atoms with Crippen molar-refractivity contribution in [1.29, 1.82) is 0 Å². The summed E-state index contributed by atoms with van der Waals surface area (Å²) in [6.45, 7) is 2.16. The van der Waals surface area contributed by atoms with E-state index in [4.69, 9.17) is 0 Å². The molecule has 1 aromatic carbocycles. The van der Waals surface area contributed by atoms with E-state index in [-0.39, 0.29) is 0 Å². The first-order chi connectivity index (χ1) is 7.27. The molecule has 15 heavy (non-hydrogen) atoms. The quantitative estimate of drug-likeness (QED) is 0.713. The Morgan fingerprint density at radius 1 is 1.27 bits per heavy atom. The second-order valence-electron chi connectivity index (χ2n) is 3.66. The highest BCUT2D eigenvalue weighted by atomic mass is 79.9. The molecule has 0 spiro atoms. The third kappa shape index (κ3) is 2.70. The lowest BCUT2D eigenvalue weighted by Gasteiger charge is -2.11. The summed E-state index contributed by atoms with van der Waals surface area (Å²) in [4.78, 5) is 0.424. The minimum absolute atomic E-state index is 0.424. The van der Waals surface area contributed by atoms with Crippen LogP contribution in [-0.2, 0) is 6.42 Å². The molecule has 0 aliphatic rings. The van der Waals surface area contributed by atoms with Crippen LogP contribution in [0.3, 0.4) is 0 Å². The van der Waals surface area contributed by atoms with Crippen LogP contribution in [0.25, 0.3) is 0 Å². The lowest BCUT2D eigenvalue weighted by atomic mass is 10.0. The van der Waals surface area contributed by atoms with Gasteiger partial charge < -0.3 is 0 Å². The van der Waals surface area contributed by atoms with Crippen LogP contribution in [0.2, 0.25) is 0 Å². The van der Waals surface area contributed by atoms with Crippen LogP contribution < -0.4 is 0 Å². The highest BCUT2D eigenvalue weighted by molar-refractivity contribution is 9.09. The van der Waals surface area contributed by atoms with E-state index in [1.807, 2.05) is 0 Å². The van der Waals surface area contributed by atoms with Crippen LogP contribution in [-0.4, -0.2) is 0 Å². The molecule has 2 heteroatoms. The number of hydrogen-bond donors (Lipinski definition) is 0. The Balaban J connectivity index is 2.15. The molecule has 2 rings (SSSR count). The fourth-order valence-electron chi connectivity index (χ4n) is 1.66. The topological polar surface area (TPSA) is 0 Å². The molecule has 0 aliphatic heterocycles. The van der Waals surface area contributed by atoms with Gasteiger partial charge in [0.05, 0.1) is 0 Å². The number of alkyl halides is 1. The normalized spacial score (nSPS) is 12.7. The maximum absolute atomic E-state index is 3.76. The summed E-state index contributed by atoms with van der Waals surface area (Å²) in [5.74, 6) is 0. The first-order valence-corrected chi connectivity index (χ1v) is 6.84. The molecule has 78 valence electrons. The molecule has 0 N–H and O–H groups in total. The molecule has 0 saturated carbocycles. The summed E-state index contributed by atoms with van der Waals surface area (Å²) in [6.07, 6.45) is 1.06. The van der Waals surface area contributed by atoms with Gasteiger partial charge in [-0.05, 0) is 46.9 Å². The molecule has 0 radical (unpaired) electrons. The highest BCUT2D eigenvalue weighted by Gasteiger charge is 2.10.